The van der Waals surface area contributed by atoms with Crippen molar-refractivity contribution in [3.63, 3.8) is 0 Å². The van der Waals surface area contributed by atoms with Gasteiger partial charge in [-0.2, -0.15) is 5.26 Å². The molecule has 0 radical (unpaired) electrons. The van der Waals surface area contributed by atoms with E-state index in [1.54, 1.807) is 20.9 Å². The van der Waals surface area contributed by atoms with Gasteiger partial charge in [-0.1, -0.05) is 0 Å². The van der Waals surface area contributed by atoms with E-state index in [1.807, 2.05) is 0 Å². The molecule has 28 heavy (non-hydrogen) atoms. The Hall–Kier alpha value is -2.47. The average molecular weight is 394 g/mol. The zero-order valence-corrected chi connectivity index (χ0v) is 16.6. The summed E-state index contributed by atoms with van der Waals surface area (Å²) >= 11 is 0. The molecule has 154 valence electrons. The summed E-state index contributed by atoms with van der Waals surface area (Å²) in [5, 5.41) is 9.96. The molecule has 2 aliphatic rings. The number of hydrogen-bond acceptors (Lipinski definition) is 9. The lowest BCUT2D eigenvalue weighted by molar-refractivity contribution is -0.194. The number of esters is 3. The summed E-state index contributed by atoms with van der Waals surface area (Å²) in [5.74, 6) is -3.81. The summed E-state index contributed by atoms with van der Waals surface area (Å²) in [6, 6.07) is 2.08. The van der Waals surface area contributed by atoms with Crippen LogP contribution in [0.25, 0.3) is 0 Å². The van der Waals surface area contributed by atoms with Crippen LogP contribution in [0.15, 0.2) is 0 Å². The van der Waals surface area contributed by atoms with Gasteiger partial charge in [-0.15, -0.1) is 0 Å². The Morgan fingerprint density at radius 1 is 1.21 bits per heavy atom. The van der Waals surface area contributed by atoms with E-state index in [2.05, 4.69) is 6.07 Å². The number of carbonyl (C=O) groups excluding carboxylic acids is 4. The fourth-order valence-corrected chi connectivity index (χ4v) is 4.44. The van der Waals surface area contributed by atoms with Crippen molar-refractivity contribution >= 4 is 23.7 Å². The van der Waals surface area contributed by atoms with Crippen LogP contribution in [0.1, 0.15) is 40.0 Å². The Kier molecular flexibility index (Phi) is 6.44. The van der Waals surface area contributed by atoms with E-state index in [-0.39, 0.29) is 39.0 Å². The normalized spacial score (nSPS) is 29.2. The summed E-state index contributed by atoms with van der Waals surface area (Å²) in [4.78, 5) is 52.1. The molecule has 3 atom stereocenters. The first-order valence-corrected chi connectivity index (χ1v) is 9.38. The fourth-order valence-electron chi connectivity index (χ4n) is 4.44. The predicted molar refractivity (Wildman–Crippen MR) is 94.6 cm³/mol. The molecule has 1 aliphatic carbocycles. The number of carbonyl (C=O) groups is 4. The smallest absolute Gasteiger partial charge is 0.338 e. The van der Waals surface area contributed by atoms with Crippen molar-refractivity contribution in [2.45, 2.75) is 51.7 Å². The molecule has 0 aromatic carbocycles. The van der Waals surface area contributed by atoms with Gasteiger partial charge in [-0.3, -0.25) is 14.5 Å². The van der Waals surface area contributed by atoms with Crippen molar-refractivity contribution in [1.82, 2.24) is 4.90 Å². The summed E-state index contributed by atoms with van der Waals surface area (Å²) in [6.07, 6.45) is -0.793. The summed E-state index contributed by atoms with van der Waals surface area (Å²) in [7, 11) is 1.56. The Labute approximate surface area is 163 Å². The second-order valence-electron chi connectivity index (χ2n) is 7.11. The van der Waals surface area contributed by atoms with Crippen LogP contribution in [0.4, 0.5) is 0 Å². The van der Waals surface area contributed by atoms with Crippen LogP contribution < -0.4 is 0 Å². The van der Waals surface area contributed by atoms with E-state index in [1.165, 1.54) is 11.8 Å². The van der Waals surface area contributed by atoms with E-state index in [4.69, 9.17) is 14.2 Å². The molecule has 2 fully saturated rings. The summed E-state index contributed by atoms with van der Waals surface area (Å²) in [6.45, 7) is 4.61. The molecule has 0 aromatic rings. The molecule has 0 bridgehead atoms. The molecule has 0 N–H and O–H groups in total. The standard InChI is InChI=1S/C19H26N2O7/c1-5-26-16(24)19(17(25)27-6-2)14-9-13(28-12(3)22)10-15(23)18(14,11-20)7-8-21(19)4/h13-14H,5-10H2,1-4H3/t13-,14-,18-/m1/s1. The maximum absolute atomic E-state index is 13.1. The molecule has 9 heteroatoms. The third kappa shape index (κ3) is 3.26. The Morgan fingerprint density at radius 2 is 1.79 bits per heavy atom. The van der Waals surface area contributed by atoms with Crippen LogP contribution in [0, 0.1) is 22.7 Å². The average Bonchev–Trinajstić information content (AvgIpc) is 2.62. The minimum Gasteiger partial charge on any atom is -0.464 e. The molecule has 0 aromatic heterocycles. The van der Waals surface area contributed by atoms with Gasteiger partial charge in [0.15, 0.2) is 5.78 Å². The van der Waals surface area contributed by atoms with Crippen LogP contribution in [-0.2, 0) is 33.4 Å². The Balaban J connectivity index is 2.67. The van der Waals surface area contributed by atoms with Crippen LogP contribution in [0.3, 0.4) is 0 Å². The molecule has 0 amide bonds. The summed E-state index contributed by atoms with van der Waals surface area (Å²) < 4.78 is 15.6. The number of ketones is 1. The number of hydrogen-bond donors (Lipinski definition) is 0. The van der Waals surface area contributed by atoms with Crippen LogP contribution in [-0.4, -0.2) is 67.0 Å². The number of fused-ring (bicyclic) bond motifs is 1. The van der Waals surface area contributed by atoms with E-state index in [9.17, 15) is 24.4 Å². The minimum atomic E-state index is -1.96. The van der Waals surface area contributed by atoms with Gasteiger partial charge in [0, 0.05) is 25.8 Å². The number of Topliss-reactive ketones (excluding diaryl/α,β-unsaturated/α-hetero) is 1. The van der Waals surface area contributed by atoms with Gasteiger partial charge < -0.3 is 14.2 Å². The van der Waals surface area contributed by atoms with Crippen LogP contribution >= 0.6 is 0 Å². The first kappa shape index (κ1) is 21.8. The Bertz CT molecular complexity index is 696. The van der Waals surface area contributed by atoms with Crippen molar-refractivity contribution in [3.05, 3.63) is 0 Å². The van der Waals surface area contributed by atoms with Crippen molar-refractivity contribution in [3.8, 4) is 6.07 Å². The van der Waals surface area contributed by atoms with Gasteiger partial charge >= 0.3 is 17.9 Å². The molecule has 9 nitrogen and oxygen atoms in total. The number of piperidine rings is 1. The lowest BCUT2D eigenvalue weighted by atomic mass is 9.54. The van der Waals surface area contributed by atoms with E-state index >= 15 is 0 Å². The van der Waals surface area contributed by atoms with Gasteiger partial charge in [0.1, 0.15) is 11.5 Å². The molecular formula is C19H26N2O7. The van der Waals surface area contributed by atoms with Gasteiger partial charge in [0.2, 0.25) is 5.54 Å². The van der Waals surface area contributed by atoms with Crippen molar-refractivity contribution < 1.29 is 33.4 Å². The number of nitrogens with zero attached hydrogens (tertiary/aromatic N) is 2. The monoisotopic (exact) mass is 394 g/mol. The summed E-state index contributed by atoms with van der Waals surface area (Å²) in [5.41, 5.74) is -3.52. The molecule has 0 spiro atoms. The van der Waals surface area contributed by atoms with Crippen LogP contribution in [0.2, 0.25) is 0 Å². The van der Waals surface area contributed by atoms with Crippen molar-refractivity contribution in [1.29, 1.82) is 5.26 Å². The number of ether oxygens (including phenoxy) is 3. The number of likely N-dealkylation sites (tertiary alicyclic amines) is 1. The lowest BCUT2D eigenvalue weighted by Crippen LogP contribution is -2.73. The highest BCUT2D eigenvalue weighted by Crippen LogP contribution is 2.53. The van der Waals surface area contributed by atoms with E-state index in [0.29, 0.717) is 0 Å². The molecule has 1 aliphatic heterocycles. The molecule has 1 saturated carbocycles. The van der Waals surface area contributed by atoms with E-state index < -0.39 is 46.7 Å². The van der Waals surface area contributed by atoms with Crippen molar-refractivity contribution in [2.24, 2.45) is 11.3 Å². The van der Waals surface area contributed by atoms with Gasteiger partial charge in [0.05, 0.1) is 19.3 Å². The van der Waals surface area contributed by atoms with E-state index in [0.717, 1.165) is 0 Å². The maximum Gasteiger partial charge on any atom is 0.338 e. The Morgan fingerprint density at radius 3 is 2.25 bits per heavy atom. The second kappa shape index (κ2) is 8.27. The van der Waals surface area contributed by atoms with Crippen molar-refractivity contribution in [2.75, 3.05) is 26.8 Å². The highest BCUT2D eigenvalue weighted by Gasteiger charge is 2.70. The maximum atomic E-state index is 13.1. The second-order valence-corrected chi connectivity index (χ2v) is 7.11. The first-order valence-electron chi connectivity index (χ1n) is 9.38. The number of rotatable bonds is 5. The number of nitriles is 1. The predicted octanol–water partition coefficient (Wildman–Crippen LogP) is 0.608. The molecule has 2 rings (SSSR count). The zero-order chi connectivity index (χ0) is 21.1. The minimum absolute atomic E-state index is 0.000842. The lowest BCUT2D eigenvalue weighted by Gasteiger charge is -2.54. The largest absolute Gasteiger partial charge is 0.464 e. The highest BCUT2D eigenvalue weighted by molar-refractivity contribution is 6.07. The number of likely N-dealkylation sites (N-methyl/N-ethyl adjacent to an activating group) is 1. The van der Waals surface area contributed by atoms with Gasteiger partial charge in [-0.25, -0.2) is 9.59 Å². The third-order valence-corrected chi connectivity index (χ3v) is 5.66. The molecule has 1 saturated heterocycles. The zero-order valence-electron chi connectivity index (χ0n) is 16.6. The quantitative estimate of drug-likeness (QED) is 0.375. The van der Waals surface area contributed by atoms with Crippen LogP contribution in [0.5, 0.6) is 0 Å². The SMILES string of the molecule is CCOC(=O)C1(C(=O)OCC)[C@@H]2C[C@@H](OC(C)=O)CC(=O)[C@@]2(C#N)CCN1C. The first-order chi connectivity index (χ1) is 13.2. The van der Waals surface area contributed by atoms with Gasteiger partial charge in [0.25, 0.3) is 0 Å². The molecule has 1 heterocycles. The fraction of sp³-hybridized carbons (Fsp3) is 0.737. The molecule has 0 unspecified atom stereocenters. The van der Waals surface area contributed by atoms with Gasteiger partial charge in [-0.05, 0) is 33.7 Å². The molecular weight excluding hydrogens is 368 g/mol. The topological polar surface area (TPSA) is 123 Å². The third-order valence-electron chi connectivity index (χ3n) is 5.66. The highest BCUT2D eigenvalue weighted by atomic mass is 16.6.